The van der Waals surface area contributed by atoms with Gasteiger partial charge in [-0.3, -0.25) is 19.2 Å². The van der Waals surface area contributed by atoms with Gasteiger partial charge in [0.1, 0.15) is 18.8 Å². The first-order chi connectivity index (χ1) is 31.4. The van der Waals surface area contributed by atoms with Crippen LogP contribution in [0.2, 0.25) is 0 Å². The van der Waals surface area contributed by atoms with Gasteiger partial charge in [-0.25, -0.2) is 17.9 Å². The minimum Gasteiger partial charge on any atom is -0.481 e. The normalized spacial score (nSPS) is 12.4. The van der Waals surface area contributed by atoms with Gasteiger partial charge < -0.3 is 25.0 Å². The van der Waals surface area contributed by atoms with Crippen molar-refractivity contribution in [2.45, 2.75) is 225 Å². The van der Waals surface area contributed by atoms with Crippen molar-refractivity contribution in [2.75, 3.05) is 23.9 Å². The van der Waals surface area contributed by atoms with E-state index in [0.717, 1.165) is 44.9 Å². The summed E-state index contributed by atoms with van der Waals surface area (Å²) in [6.07, 6.45) is 30.7. The molecule has 0 fully saturated rings. The standard InChI is InChI=1S/C50H86N2O11S2/c1-3-5-7-9-11-13-15-17-19-21-23-25-27-29-47(55)62-40-44(63-48(56)30-28-26-24-22-20-18-16-14-12-10-8-6-4-2)41-64-37-38-65(60,61)51-39-42-31-33-43(34-32-42)49(57)52-45(50(58)59)35-36-46(53)54/h31-34,44-45,51H,3-30,35-41H2,1-2H3,(H,52,57)(H,53,54)(H,58,59)/t44-,45+/m1/s1. The van der Waals surface area contributed by atoms with E-state index in [4.69, 9.17) is 14.6 Å². The number of benzene rings is 1. The zero-order valence-corrected chi connectivity index (χ0v) is 41.7. The van der Waals surface area contributed by atoms with Crippen LogP contribution in [-0.2, 0) is 45.2 Å². The van der Waals surface area contributed by atoms with E-state index >= 15 is 0 Å². The number of sulfonamides is 1. The number of unbranched alkanes of at least 4 members (excludes halogenated alkanes) is 24. The Kier molecular flexibility index (Phi) is 36.8. The van der Waals surface area contributed by atoms with Crippen LogP contribution in [0.3, 0.4) is 0 Å². The Balaban J connectivity index is 2.52. The molecule has 0 saturated carbocycles. The molecule has 0 spiro atoms. The Morgan fingerprint density at radius 1 is 0.615 bits per heavy atom. The molecule has 1 aromatic rings. The minimum absolute atomic E-state index is 0.0418. The van der Waals surface area contributed by atoms with E-state index in [0.29, 0.717) is 12.0 Å². The van der Waals surface area contributed by atoms with E-state index in [1.165, 1.54) is 158 Å². The van der Waals surface area contributed by atoms with Crippen LogP contribution < -0.4 is 10.0 Å². The first kappa shape index (κ1) is 59.8. The number of nitrogens with one attached hydrogen (secondary N) is 2. The number of carbonyl (C=O) groups excluding carboxylic acids is 3. The SMILES string of the molecule is CCCCCCCCCCCCCCCC(=O)OC[C@H](CSCCS(=O)(=O)NCc1ccc(C(=O)N[C@@H](CCC(=O)O)C(=O)O)cc1)OC(=O)CCCCCCCCCCCCCCC. The lowest BCUT2D eigenvalue weighted by Gasteiger charge is -2.18. The van der Waals surface area contributed by atoms with Gasteiger partial charge >= 0.3 is 23.9 Å². The van der Waals surface area contributed by atoms with E-state index in [2.05, 4.69) is 23.9 Å². The lowest BCUT2D eigenvalue weighted by molar-refractivity contribution is -0.157. The van der Waals surface area contributed by atoms with Gasteiger partial charge in [0.2, 0.25) is 10.0 Å². The molecule has 1 rings (SSSR count). The summed E-state index contributed by atoms with van der Waals surface area (Å²) in [6.45, 7) is 4.36. The second-order valence-electron chi connectivity index (χ2n) is 17.5. The van der Waals surface area contributed by atoms with Gasteiger partial charge in [-0.15, -0.1) is 0 Å². The third kappa shape index (κ3) is 35.7. The second-order valence-corrected chi connectivity index (χ2v) is 20.6. The smallest absolute Gasteiger partial charge is 0.326 e. The summed E-state index contributed by atoms with van der Waals surface area (Å²) in [5.41, 5.74) is 0.703. The quantitative estimate of drug-likeness (QED) is 0.0356. The molecule has 0 heterocycles. The van der Waals surface area contributed by atoms with Crippen LogP contribution >= 0.6 is 11.8 Å². The Bertz CT molecular complexity index is 1530. The first-order valence-corrected chi connectivity index (χ1v) is 27.9. The van der Waals surface area contributed by atoms with E-state index in [-0.39, 0.29) is 60.8 Å². The zero-order valence-electron chi connectivity index (χ0n) is 40.1. The van der Waals surface area contributed by atoms with Crippen LogP contribution in [0.4, 0.5) is 0 Å². The Morgan fingerprint density at radius 2 is 1.06 bits per heavy atom. The minimum atomic E-state index is -3.71. The van der Waals surface area contributed by atoms with Crippen molar-refractivity contribution in [1.29, 1.82) is 0 Å². The van der Waals surface area contributed by atoms with Crippen molar-refractivity contribution < 1.29 is 52.1 Å². The summed E-state index contributed by atoms with van der Waals surface area (Å²) >= 11 is 1.30. The Morgan fingerprint density at radius 3 is 1.51 bits per heavy atom. The number of carboxylic acids is 2. The summed E-state index contributed by atoms with van der Waals surface area (Å²) in [5.74, 6) is -3.61. The average Bonchev–Trinajstić information content (AvgIpc) is 3.28. The number of aliphatic carboxylic acids is 2. The monoisotopic (exact) mass is 955 g/mol. The zero-order chi connectivity index (χ0) is 47.8. The fourth-order valence-corrected chi connectivity index (χ4v) is 9.86. The van der Waals surface area contributed by atoms with Crippen molar-refractivity contribution in [3.05, 3.63) is 35.4 Å². The summed E-state index contributed by atoms with van der Waals surface area (Å²) in [5, 5.41) is 20.5. The highest BCUT2D eigenvalue weighted by Gasteiger charge is 2.22. The van der Waals surface area contributed by atoms with Crippen molar-refractivity contribution in [2.24, 2.45) is 0 Å². The molecule has 0 radical (unpaired) electrons. The lowest BCUT2D eigenvalue weighted by Crippen LogP contribution is -2.41. The molecule has 1 amide bonds. The maximum Gasteiger partial charge on any atom is 0.326 e. The van der Waals surface area contributed by atoms with Crippen molar-refractivity contribution in [3.63, 3.8) is 0 Å². The number of esters is 2. The number of amides is 1. The second kappa shape index (κ2) is 39.9. The van der Waals surface area contributed by atoms with E-state index < -0.39 is 46.4 Å². The summed E-state index contributed by atoms with van der Waals surface area (Å²) in [6, 6.07) is 4.56. The molecule has 0 aromatic heterocycles. The first-order valence-electron chi connectivity index (χ1n) is 25.1. The molecule has 1 aromatic carbocycles. The Hall–Kier alpha value is -3.17. The number of hydrogen-bond acceptors (Lipinski definition) is 10. The molecule has 2 atom stereocenters. The maximum absolute atomic E-state index is 12.9. The molecule has 0 saturated heterocycles. The van der Waals surface area contributed by atoms with Crippen LogP contribution in [0, 0.1) is 0 Å². The maximum atomic E-state index is 12.9. The molecule has 0 unspecified atom stereocenters. The molecule has 0 bridgehead atoms. The van der Waals surface area contributed by atoms with Crippen LogP contribution in [-0.4, -0.2) is 84.4 Å². The van der Waals surface area contributed by atoms with Gasteiger partial charge in [-0.2, -0.15) is 11.8 Å². The number of rotatable bonds is 45. The number of carboxylic acid groups (broad SMARTS) is 2. The highest BCUT2D eigenvalue weighted by molar-refractivity contribution is 8.00. The fourth-order valence-electron chi connectivity index (χ4n) is 7.38. The molecule has 65 heavy (non-hydrogen) atoms. The molecule has 0 aliphatic rings. The van der Waals surface area contributed by atoms with Crippen molar-refractivity contribution in [1.82, 2.24) is 10.0 Å². The molecular formula is C50H86N2O11S2. The van der Waals surface area contributed by atoms with Crippen LogP contribution in [0.1, 0.15) is 222 Å². The highest BCUT2D eigenvalue weighted by Crippen LogP contribution is 2.17. The van der Waals surface area contributed by atoms with Gasteiger partial charge in [0.25, 0.3) is 5.91 Å². The van der Waals surface area contributed by atoms with Crippen LogP contribution in [0.5, 0.6) is 0 Å². The molecule has 4 N–H and O–H groups in total. The largest absolute Gasteiger partial charge is 0.481 e. The number of ether oxygens (including phenoxy) is 2. The van der Waals surface area contributed by atoms with Gasteiger partial charge in [-0.05, 0) is 37.0 Å². The summed E-state index contributed by atoms with van der Waals surface area (Å²) in [4.78, 5) is 60.3. The third-order valence-corrected chi connectivity index (χ3v) is 14.1. The lowest BCUT2D eigenvalue weighted by atomic mass is 10.0. The van der Waals surface area contributed by atoms with Gasteiger partial charge in [-0.1, -0.05) is 180 Å². The predicted octanol–water partition coefficient (Wildman–Crippen LogP) is 11.3. The Labute approximate surface area is 396 Å². The van der Waals surface area contributed by atoms with Crippen molar-refractivity contribution >= 4 is 51.6 Å². The molecule has 13 nitrogen and oxygen atoms in total. The van der Waals surface area contributed by atoms with E-state index in [1.54, 1.807) is 0 Å². The fraction of sp³-hybridized carbons (Fsp3) is 0.780. The van der Waals surface area contributed by atoms with Crippen molar-refractivity contribution in [3.8, 4) is 0 Å². The molecule has 0 aliphatic heterocycles. The number of hydrogen-bond donors (Lipinski definition) is 4. The molecule has 374 valence electrons. The predicted molar refractivity (Wildman–Crippen MR) is 262 cm³/mol. The topological polar surface area (TPSA) is 202 Å². The van der Waals surface area contributed by atoms with E-state index in [1.807, 2.05) is 0 Å². The number of thioether (sulfide) groups is 1. The molecule has 0 aliphatic carbocycles. The average molecular weight is 955 g/mol. The van der Waals surface area contributed by atoms with Gasteiger partial charge in [0.15, 0.2) is 0 Å². The van der Waals surface area contributed by atoms with Crippen LogP contribution in [0.15, 0.2) is 24.3 Å². The van der Waals surface area contributed by atoms with Gasteiger partial charge in [0, 0.05) is 42.9 Å². The third-order valence-electron chi connectivity index (χ3n) is 11.5. The highest BCUT2D eigenvalue weighted by atomic mass is 32.2. The van der Waals surface area contributed by atoms with Crippen LogP contribution in [0.25, 0.3) is 0 Å². The summed E-state index contributed by atoms with van der Waals surface area (Å²) < 4.78 is 39.5. The molecular weight excluding hydrogens is 869 g/mol. The molecule has 15 heteroatoms. The number of carbonyl (C=O) groups is 5. The van der Waals surface area contributed by atoms with Gasteiger partial charge in [0.05, 0.1) is 5.75 Å². The summed E-state index contributed by atoms with van der Waals surface area (Å²) in [7, 11) is -3.71. The van der Waals surface area contributed by atoms with E-state index in [9.17, 15) is 37.5 Å².